The number of aromatic nitrogens is 3. The second-order valence-corrected chi connectivity index (χ2v) is 6.66. The van der Waals surface area contributed by atoms with E-state index in [0.29, 0.717) is 17.0 Å². The number of pyridine rings is 1. The van der Waals surface area contributed by atoms with Crippen LogP contribution in [0.1, 0.15) is 42.6 Å². The molecule has 3 heterocycles. The SMILES string of the molecule is Cc1oc(C(C)(C)C)cc1C(=O)Nc1ccc(-n2ccnc2)nc1. The second kappa shape index (κ2) is 5.96. The van der Waals surface area contributed by atoms with Crippen LogP contribution in [0.5, 0.6) is 0 Å². The van der Waals surface area contributed by atoms with Crippen LogP contribution in [0.2, 0.25) is 0 Å². The number of hydrogen-bond donors (Lipinski definition) is 1. The zero-order valence-corrected chi connectivity index (χ0v) is 14.2. The highest BCUT2D eigenvalue weighted by molar-refractivity contribution is 6.05. The minimum Gasteiger partial charge on any atom is -0.465 e. The Morgan fingerprint density at radius 1 is 1.29 bits per heavy atom. The number of carbonyl (C=O) groups is 1. The van der Waals surface area contributed by atoms with Crippen LogP contribution in [0, 0.1) is 6.92 Å². The molecule has 3 rings (SSSR count). The molecular weight excluding hydrogens is 304 g/mol. The monoisotopic (exact) mass is 324 g/mol. The molecule has 0 unspecified atom stereocenters. The zero-order valence-electron chi connectivity index (χ0n) is 14.2. The number of carbonyl (C=O) groups excluding carboxylic acids is 1. The first-order valence-electron chi connectivity index (χ1n) is 7.71. The van der Waals surface area contributed by atoms with Gasteiger partial charge in [0, 0.05) is 17.8 Å². The quantitative estimate of drug-likeness (QED) is 0.797. The van der Waals surface area contributed by atoms with Crippen molar-refractivity contribution in [3.8, 4) is 5.82 Å². The van der Waals surface area contributed by atoms with Crippen LogP contribution in [-0.4, -0.2) is 20.4 Å². The third kappa shape index (κ3) is 3.22. The van der Waals surface area contributed by atoms with Crippen molar-refractivity contribution in [2.45, 2.75) is 33.1 Å². The van der Waals surface area contributed by atoms with Gasteiger partial charge in [0.05, 0.1) is 17.4 Å². The van der Waals surface area contributed by atoms with E-state index in [2.05, 4.69) is 15.3 Å². The fourth-order valence-corrected chi connectivity index (χ4v) is 2.28. The topological polar surface area (TPSA) is 73.0 Å². The Labute approximate surface area is 140 Å². The van der Waals surface area contributed by atoms with Crippen LogP contribution in [0.4, 0.5) is 5.69 Å². The molecule has 0 atom stereocenters. The first-order chi connectivity index (χ1) is 11.3. The first-order valence-corrected chi connectivity index (χ1v) is 7.71. The summed E-state index contributed by atoms with van der Waals surface area (Å²) in [6, 6.07) is 5.43. The summed E-state index contributed by atoms with van der Waals surface area (Å²) in [5.74, 6) is 1.93. The fourth-order valence-electron chi connectivity index (χ4n) is 2.28. The molecule has 0 spiro atoms. The van der Waals surface area contributed by atoms with Crippen molar-refractivity contribution in [2.75, 3.05) is 5.32 Å². The highest BCUT2D eigenvalue weighted by Crippen LogP contribution is 2.27. The first kappa shape index (κ1) is 16.0. The highest BCUT2D eigenvalue weighted by Gasteiger charge is 2.23. The predicted octanol–water partition coefficient (Wildman–Crippen LogP) is 3.72. The van der Waals surface area contributed by atoms with Gasteiger partial charge in [0.15, 0.2) is 0 Å². The normalized spacial score (nSPS) is 11.5. The third-order valence-electron chi connectivity index (χ3n) is 3.68. The summed E-state index contributed by atoms with van der Waals surface area (Å²) in [6.45, 7) is 7.94. The number of furan rings is 1. The standard InChI is InChI=1S/C18H20N4O2/c1-12-14(9-15(24-12)18(2,3)4)17(23)21-13-5-6-16(20-10-13)22-8-7-19-11-22/h5-11H,1-4H3,(H,21,23). The molecule has 0 aromatic carbocycles. The van der Waals surface area contributed by atoms with E-state index in [4.69, 9.17) is 4.42 Å². The predicted molar refractivity (Wildman–Crippen MR) is 91.5 cm³/mol. The summed E-state index contributed by atoms with van der Waals surface area (Å²) in [5.41, 5.74) is 1.03. The van der Waals surface area contributed by atoms with Crippen molar-refractivity contribution >= 4 is 11.6 Å². The fraction of sp³-hybridized carbons (Fsp3) is 0.278. The van der Waals surface area contributed by atoms with Crippen molar-refractivity contribution in [2.24, 2.45) is 0 Å². The summed E-state index contributed by atoms with van der Waals surface area (Å²) in [5, 5.41) is 2.85. The molecule has 1 N–H and O–H groups in total. The molecule has 6 nitrogen and oxygen atoms in total. The molecule has 0 saturated carbocycles. The minimum absolute atomic E-state index is 0.142. The lowest BCUT2D eigenvalue weighted by atomic mass is 9.93. The van der Waals surface area contributed by atoms with E-state index in [-0.39, 0.29) is 11.3 Å². The zero-order chi connectivity index (χ0) is 17.3. The van der Waals surface area contributed by atoms with Crippen LogP contribution in [0.15, 0.2) is 47.5 Å². The highest BCUT2D eigenvalue weighted by atomic mass is 16.3. The third-order valence-corrected chi connectivity index (χ3v) is 3.68. The van der Waals surface area contributed by atoms with E-state index in [0.717, 1.165) is 11.6 Å². The number of aryl methyl sites for hydroxylation is 1. The average molecular weight is 324 g/mol. The molecule has 0 bridgehead atoms. The van der Waals surface area contributed by atoms with Crippen molar-refractivity contribution < 1.29 is 9.21 Å². The summed E-state index contributed by atoms with van der Waals surface area (Å²) in [4.78, 5) is 20.8. The largest absolute Gasteiger partial charge is 0.465 e. The molecule has 0 aliphatic carbocycles. The molecule has 0 saturated heterocycles. The van der Waals surface area contributed by atoms with Gasteiger partial charge in [-0.2, -0.15) is 0 Å². The van der Waals surface area contributed by atoms with E-state index < -0.39 is 0 Å². The molecule has 6 heteroatoms. The van der Waals surface area contributed by atoms with E-state index in [1.165, 1.54) is 0 Å². The van der Waals surface area contributed by atoms with Crippen molar-refractivity contribution in [3.63, 3.8) is 0 Å². The smallest absolute Gasteiger partial charge is 0.259 e. The van der Waals surface area contributed by atoms with Gasteiger partial charge < -0.3 is 9.73 Å². The Hall–Kier alpha value is -2.89. The summed E-state index contributed by atoms with van der Waals surface area (Å²) >= 11 is 0. The lowest BCUT2D eigenvalue weighted by Gasteiger charge is -2.13. The van der Waals surface area contributed by atoms with Gasteiger partial charge in [0.25, 0.3) is 5.91 Å². The Morgan fingerprint density at radius 2 is 2.08 bits per heavy atom. The summed E-state index contributed by atoms with van der Waals surface area (Å²) < 4.78 is 7.51. The molecule has 24 heavy (non-hydrogen) atoms. The molecule has 3 aromatic heterocycles. The van der Waals surface area contributed by atoms with E-state index >= 15 is 0 Å². The van der Waals surface area contributed by atoms with Crippen molar-refractivity contribution in [3.05, 3.63) is 60.2 Å². The maximum atomic E-state index is 12.5. The van der Waals surface area contributed by atoms with Gasteiger partial charge in [-0.15, -0.1) is 0 Å². The Kier molecular flexibility index (Phi) is 3.97. The number of nitrogens with one attached hydrogen (secondary N) is 1. The van der Waals surface area contributed by atoms with Crippen LogP contribution in [0.25, 0.3) is 5.82 Å². The van der Waals surface area contributed by atoms with E-state index in [9.17, 15) is 4.79 Å². The lowest BCUT2D eigenvalue weighted by Crippen LogP contribution is -2.13. The van der Waals surface area contributed by atoms with Gasteiger partial charge in [-0.3, -0.25) is 9.36 Å². The van der Waals surface area contributed by atoms with Crippen LogP contribution < -0.4 is 5.32 Å². The van der Waals surface area contributed by atoms with Crippen LogP contribution in [0.3, 0.4) is 0 Å². The second-order valence-electron chi connectivity index (χ2n) is 6.66. The van der Waals surface area contributed by atoms with Crippen molar-refractivity contribution in [1.29, 1.82) is 0 Å². The van der Waals surface area contributed by atoms with Gasteiger partial charge in [-0.05, 0) is 25.1 Å². The number of nitrogens with zero attached hydrogens (tertiary/aromatic N) is 3. The van der Waals surface area contributed by atoms with Crippen molar-refractivity contribution in [1.82, 2.24) is 14.5 Å². The number of imidazole rings is 1. The Bertz CT molecular complexity index is 840. The molecule has 0 fully saturated rings. The van der Waals surface area contributed by atoms with Gasteiger partial charge in [-0.1, -0.05) is 20.8 Å². The molecular formula is C18H20N4O2. The molecule has 124 valence electrons. The number of anilines is 1. The summed E-state index contributed by atoms with van der Waals surface area (Å²) in [7, 11) is 0. The van der Waals surface area contributed by atoms with Crippen LogP contribution in [-0.2, 0) is 5.41 Å². The maximum Gasteiger partial charge on any atom is 0.259 e. The maximum absolute atomic E-state index is 12.5. The molecule has 3 aromatic rings. The molecule has 0 aliphatic rings. The van der Waals surface area contributed by atoms with E-state index in [1.54, 1.807) is 42.3 Å². The number of rotatable bonds is 3. The lowest BCUT2D eigenvalue weighted by molar-refractivity contribution is 0.102. The number of hydrogen-bond acceptors (Lipinski definition) is 4. The average Bonchev–Trinajstić information content (AvgIpc) is 3.16. The van der Waals surface area contributed by atoms with Gasteiger partial charge >= 0.3 is 0 Å². The Balaban J connectivity index is 1.77. The minimum atomic E-state index is -0.205. The molecule has 0 aliphatic heterocycles. The van der Waals surface area contributed by atoms with E-state index in [1.807, 2.05) is 33.0 Å². The van der Waals surface area contributed by atoms with Gasteiger partial charge in [0.2, 0.25) is 0 Å². The Morgan fingerprint density at radius 3 is 2.62 bits per heavy atom. The number of amides is 1. The van der Waals surface area contributed by atoms with Gasteiger partial charge in [-0.25, -0.2) is 9.97 Å². The van der Waals surface area contributed by atoms with Crippen LogP contribution >= 0.6 is 0 Å². The summed E-state index contributed by atoms with van der Waals surface area (Å²) in [6.07, 6.45) is 6.78. The molecule has 0 radical (unpaired) electrons. The molecule has 1 amide bonds. The van der Waals surface area contributed by atoms with Gasteiger partial charge in [0.1, 0.15) is 23.7 Å².